The highest BCUT2D eigenvalue weighted by atomic mass is 32.2. The highest BCUT2D eigenvalue weighted by molar-refractivity contribution is 7.89. The van der Waals surface area contributed by atoms with Gasteiger partial charge in [0, 0.05) is 6.04 Å². The van der Waals surface area contributed by atoms with Gasteiger partial charge in [0.05, 0.1) is 12.3 Å². The molecular formula is C15H26N4O2S. The normalized spacial score (nSPS) is 21.5. The third kappa shape index (κ3) is 4.07. The van der Waals surface area contributed by atoms with Crippen LogP contribution in [0.5, 0.6) is 0 Å². The van der Waals surface area contributed by atoms with E-state index >= 15 is 0 Å². The lowest BCUT2D eigenvalue weighted by atomic mass is 9.95. The molecule has 7 heteroatoms. The molecule has 0 bridgehead atoms. The van der Waals surface area contributed by atoms with E-state index in [0.717, 1.165) is 44.3 Å². The van der Waals surface area contributed by atoms with E-state index in [2.05, 4.69) is 19.5 Å². The number of nitrogens with zero attached hydrogens (tertiary/aromatic N) is 3. The predicted molar refractivity (Wildman–Crippen MR) is 84.7 cm³/mol. The summed E-state index contributed by atoms with van der Waals surface area (Å²) in [7, 11) is -3.22. The van der Waals surface area contributed by atoms with Crippen molar-refractivity contribution >= 4 is 10.0 Å². The summed E-state index contributed by atoms with van der Waals surface area (Å²) in [5.74, 6) is 1.32. The van der Waals surface area contributed by atoms with Gasteiger partial charge in [-0.3, -0.25) is 0 Å². The minimum absolute atomic E-state index is 0.255. The number of aromatic nitrogens is 3. The Morgan fingerprint density at radius 2 is 1.77 bits per heavy atom. The van der Waals surface area contributed by atoms with E-state index in [-0.39, 0.29) is 12.3 Å². The SMILES string of the molecule is O=S(=O)(CC1CCCC1)NCc1nncn1C1CCCCC1. The van der Waals surface area contributed by atoms with Crippen molar-refractivity contribution in [1.82, 2.24) is 19.5 Å². The molecule has 1 aromatic heterocycles. The van der Waals surface area contributed by atoms with Gasteiger partial charge in [0.25, 0.3) is 0 Å². The largest absolute Gasteiger partial charge is 0.313 e. The maximum Gasteiger partial charge on any atom is 0.212 e. The van der Waals surface area contributed by atoms with Crippen LogP contribution in [0.4, 0.5) is 0 Å². The molecule has 0 unspecified atom stereocenters. The van der Waals surface area contributed by atoms with Crippen LogP contribution in [0.15, 0.2) is 6.33 Å². The lowest BCUT2D eigenvalue weighted by molar-refractivity contribution is 0.344. The number of nitrogens with one attached hydrogen (secondary N) is 1. The first-order valence-corrected chi connectivity index (χ1v) is 10.1. The van der Waals surface area contributed by atoms with Crippen LogP contribution in [0.3, 0.4) is 0 Å². The Morgan fingerprint density at radius 3 is 2.50 bits per heavy atom. The maximum absolute atomic E-state index is 12.2. The average Bonchev–Trinajstić information content (AvgIpc) is 3.17. The van der Waals surface area contributed by atoms with Gasteiger partial charge in [-0.2, -0.15) is 0 Å². The van der Waals surface area contributed by atoms with Gasteiger partial charge in [-0.05, 0) is 31.6 Å². The van der Waals surface area contributed by atoms with Crippen molar-refractivity contribution in [2.75, 3.05) is 5.75 Å². The van der Waals surface area contributed by atoms with Crippen LogP contribution in [0.1, 0.15) is 69.7 Å². The topological polar surface area (TPSA) is 76.9 Å². The van der Waals surface area contributed by atoms with Crippen LogP contribution in [0.2, 0.25) is 0 Å². The van der Waals surface area contributed by atoms with Crippen LogP contribution in [0, 0.1) is 5.92 Å². The number of hydrogen-bond acceptors (Lipinski definition) is 4. The molecule has 2 fully saturated rings. The molecule has 1 heterocycles. The van der Waals surface area contributed by atoms with Crippen molar-refractivity contribution in [3.05, 3.63) is 12.2 Å². The fourth-order valence-corrected chi connectivity index (χ4v) is 5.20. The quantitative estimate of drug-likeness (QED) is 0.871. The van der Waals surface area contributed by atoms with Gasteiger partial charge in [-0.1, -0.05) is 32.1 Å². The highest BCUT2D eigenvalue weighted by Crippen LogP contribution is 2.28. The van der Waals surface area contributed by atoms with Gasteiger partial charge < -0.3 is 4.57 Å². The molecule has 0 aromatic carbocycles. The Hall–Kier alpha value is -0.950. The van der Waals surface area contributed by atoms with Crippen molar-refractivity contribution < 1.29 is 8.42 Å². The van der Waals surface area contributed by atoms with Gasteiger partial charge >= 0.3 is 0 Å². The van der Waals surface area contributed by atoms with E-state index in [1.807, 2.05) is 0 Å². The second-order valence-corrected chi connectivity index (χ2v) is 8.55. The molecule has 124 valence electrons. The van der Waals surface area contributed by atoms with Crippen molar-refractivity contribution in [2.45, 2.75) is 70.4 Å². The van der Waals surface area contributed by atoms with Crippen LogP contribution in [-0.2, 0) is 16.6 Å². The van der Waals surface area contributed by atoms with E-state index in [4.69, 9.17) is 0 Å². The van der Waals surface area contributed by atoms with Crippen molar-refractivity contribution in [3.63, 3.8) is 0 Å². The van der Waals surface area contributed by atoms with Gasteiger partial charge in [-0.25, -0.2) is 13.1 Å². The molecule has 22 heavy (non-hydrogen) atoms. The molecule has 1 aromatic rings. The van der Waals surface area contributed by atoms with E-state index in [0.29, 0.717) is 12.0 Å². The summed E-state index contributed by atoms with van der Waals surface area (Å²) in [6, 6.07) is 0.429. The standard InChI is InChI=1S/C15H26N4O2S/c20-22(21,11-13-6-4-5-7-13)17-10-15-18-16-12-19(15)14-8-2-1-3-9-14/h12-14,17H,1-11H2. The Kier molecular flexibility index (Phi) is 5.13. The van der Waals surface area contributed by atoms with Crippen molar-refractivity contribution in [3.8, 4) is 0 Å². The van der Waals surface area contributed by atoms with Gasteiger partial charge in [0.1, 0.15) is 12.2 Å². The summed E-state index contributed by atoms with van der Waals surface area (Å²) in [4.78, 5) is 0. The fourth-order valence-electron chi connectivity index (χ4n) is 3.78. The molecule has 0 atom stereocenters. The van der Waals surface area contributed by atoms with Crippen LogP contribution in [0.25, 0.3) is 0 Å². The molecule has 0 aliphatic heterocycles. The third-order valence-corrected chi connectivity index (χ3v) is 6.49. The zero-order chi connectivity index (χ0) is 15.4. The molecule has 1 N–H and O–H groups in total. The number of rotatable bonds is 6. The number of hydrogen-bond donors (Lipinski definition) is 1. The first-order chi connectivity index (χ1) is 10.6. The first-order valence-electron chi connectivity index (χ1n) is 8.50. The van der Waals surface area contributed by atoms with Gasteiger partial charge in [0.2, 0.25) is 10.0 Å². The molecule has 3 rings (SSSR count). The minimum Gasteiger partial charge on any atom is -0.313 e. The Labute approximate surface area is 132 Å². The summed E-state index contributed by atoms with van der Waals surface area (Å²) in [6.45, 7) is 0.256. The van der Waals surface area contributed by atoms with E-state index in [1.165, 1.54) is 19.3 Å². The van der Waals surface area contributed by atoms with E-state index in [9.17, 15) is 8.42 Å². The van der Waals surface area contributed by atoms with E-state index in [1.54, 1.807) is 6.33 Å². The Bertz CT molecular complexity index is 572. The molecule has 2 aliphatic carbocycles. The predicted octanol–water partition coefficient (Wildman–Crippen LogP) is 2.39. The van der Waals surface area contributed by atoms with Gasteiger partial charge in [0.15, 0.2) is 0 Å². The molecule has 0 radical (unpaired) electrons. The second kappa shape index (κ2) is 7.08. The third-order valence-electron chi connectivity index (χ3n) is 5.00. The smallest absolute Gasteiger partial charge is 0.212 e. The monoisotopic (exact) mass is 326 g/mol. The molecular weight excluding hydrogens is 300 g/mol. The summed E-state index contributed by atoms with van der Waals surface area (Å²) >= 11 is 0. The Morgan fingerprint density at radius 1 is 1.09 bits per heavy atom. The maximum atomic E-state index is 12.2. The van der Waals surface area contributed by atoms with E-state index < -0.39 is 10.0 Å². The molecule has 2 aliphatic rings. The molecule has 6 nitrogen and oxygen atoms in total. The summed E-state index contributed by atoms with van der Waals surface area (Å²) in [6.07, 6.45) is 12.2. The summed E-state index contributed by atoms with van der Waals surface area (Å²) < 4.78 is 29.2. The van der Waals surface area contributed by atoms with Crippen molar-refractivity contribution in [1.29, 1.82) is 0 Å². The summed E-state index contributed by atoms with van der Waals surface area (Å²) in [5, 5.41) is 8.09. The average molecular weight is 326 g/mol. The number of sulfonamides is 1. The summed E-state index contributed by atoms with van der Waals surface area (Å²) in [5.41, 5.74) is 0. The zero-order valence-electron chi connectivity index (χ0n) is 13.1. The first kappa shape index (κ1) is 15.9. The van der Waals surface area contributed by atoms with Crippen LogP contribution < -0.4 is 4.72 Å². The van der Waals surface area contributed by atoms with Gasteiger partial charge in [-0.15, -0.1) is 10.2 Å². The molecule has 2 saturated carbocycles. The van der Waals surface area contributed by atoms with Crippen LogP contribution >= 0.6 is 0 Å². The highest BCUT2D eigenvalue weighted by Gasteiger charge is 2.24. The fraction of sp³-hybridized carbons (Fsp3) is 0.867. The molecule has 0 saturated heterocycles. The second-order valence-electron chi connectivity index (χ2n) is 6.70. The zero-order valence-corrected chi connectivity index (χ0v) is 13.9. The lowest BCUT2D eigenvalue weighted by Crippen LogP contribution is -2.30. The Balaban J connectivity index is 1.57. The minimum atomic E-state index is -3.22. The van der Waals surface area contributed by atoms with Crippen molar-refractivity contribution in [2.24, 2.45) is 5.92 Å². The van der Waals surface area contributed by atoms with Crippen LogP contribution in [-0.4, -0.2) is 28.9 Å². The lowest BCUT2D eigenvalue weighted by Gasteiger charge is -2.24. The molecule has 0 spiro atoms. The molecule has 0 amide bonds.